The highest BCUT2D eigenvalue weighted by molar-refractivity contribution is 7.23. The first-order chi connectivity index (χ1) is 13.5. The molecule has 1 aromatic heterocycles. The second-order valence-electron chi connectivity index (χ2n) is 6.09. The smallest absolute Gasteiger partial charge is 0.341 e. The maximum Gasteiger partial charge on any atom is 0.341 e. The number of benzene rings is 2. The maximum atomic E-state index is 12.9. The molecule has 0 saturated heterocycles. The van der Waals surface area contributed by atoms with Gasteiger partial charge in [0.05, 0.1) is 19.3 Å². The summed E-state index contributed by atoms with van der Waals surface area (Å²) in [5.41, 5.74) is 0.656. The van der Waals surface area contributed by atoms with Crippen LogP contribution in [0.3, 0.4) is 0 Å². The van der Waals surface area contributed by atoms with Crippen LogP contribution in [0.15, 0.2) is 42.5 Å². The van der Waals surface area contributed by atoms with Crippen molar-refractivity contribution < 1.29 is 19.1 Å². The molecule has 28 heavy (non-hydrogen) atoms. The maximum absolute atomic E-state index is 12.9. The van der Waals surface area contributed by atoms with Crippen LogP contribution in [0.4, 0.5) is 5.00 Å². The van der Waals surface area contributed by atoms with E-state index >= 15 is 0 Å². The Balaban J connectivity index is 1.96. The molecule has 0 aliphatic carbocycles. The minimum Gasteiger partial charge on any atom is -0.496 e. The number of rotatable bonds is 7. The van der Waals surface area contributed by atoms with Crippen LogP contribution in [0.1, 0.15) is 40.5 Å². The summed E-state index contributed by atoms with van der Waals surface area (Å²) in [6.07, 6.45) is 1.71. The fraction of sp³-hybridized carbons (Fsp3) is 0.238. The third-order valence-corrected chi connectivity index (χ3v) is 5.49. The number of carbonyl (C=O) groups excluding carboxylic acids is 2. The highest BCUT2D eigenvalue weighted by atomic mass is 35.5. The van der Waals surface area contributed by atoms with E-state index in [4.69, 9.17) is 21.1 Å². The third kappa shape index (κ3) is 4.29. The van der Waals surface area contributed by atoms with Crippen LogP contribution in [0.2, 0.25) is 5.02 Å². The number of anilines is 1. The van der Waals surface area contributed by atoms with Gasteiger partial charge in [0, 0.05) is 15.1 Å². The molecule has 1 heterocycles. The minimum absolute atomic E-state index is 0.290. The summed E-state index contributed by atoms with van der Waals surface area (Å²) >= 11 is 7.36. The van der Waals surface area contributed by atoms with Gasteiger partial charge in [0.2, 0.25) is 0 Å². The Bertz CT molecular complexity index is 1010. The van der Waals surface area contributed by atoms with Gasteiger partial charge in [-0.2, -0.15) is 0 Å². The molecule has 1 N–H and O–H groups in total. The summed E-state index contributed by atoms with van der Waals surface area (Å²) in [5.74, 6) is -0.456. The number of esters is 1. The van der Waals surface area contributed by atoms with Crippen LogP contribution < -0.4 is 10.1 Å². The molecule has 0 spiro atoms. The number of thiophene rings is 1. The fourth-order valence-corrected chi connectivity index (χ4v) is 4.00. The minimum atomic E-state index is -0.445. The molecule has 1 amide bonds. The Hall–Kier alpha value is -2.57. The predicted molar refractivity (Wildman–Crippen MR) is 113 cm³/mol. The van der Waals surface area contributed by atoms with Gasteiger partial charge in [-0.15, -0.1) is 11.3 Å². The van der Waals surface area contributed by atoms with Gasteiger partial charge in [0.1, 0.15) is 16.3 Å². The lowest BCUT2D eigenvalue weighted by Gasteiger charge is -2.10. The molecule has 3 aromatic rings. The van der Waals surface area contributed by atoms with Gasteiger partial charge >= 0.3 is 5.97 Å². The van der Waals surface area contributed by atoms with Crippen molar-refractivity contribution in [3.05, 3.63) is 58.6 Å². The summed E-state index contributed by atoms with van der Waals surface area (Å²) in [6.45, 7) is 2.37. The molecular formula is C21H20ClNO4S. The number of carbonyl (C=O) groups is 2. The van der Waals surface area contributed by atoms with Crippen molar-refractivity contribution in [2.45, 2.75) is 19.8 Å². The van der Waals surface area contributed by atoms with Crippen LogP contribution in [-0.2, 0) is 4.74 Å². The van der Waals surface area contributed by atoms with Crippen LogP contribution in [0.25, 0.3) is 10.1 Å². The summed E-state index contributed by atoms with van der Waals surface area (Å²) in [4.78, 5) is 25.6. The zero-order valence-electron chi connectivity index (χ0n) is 15.6. The number of ether oxygens (including phenoxy) is 2. The van der Waals surface area contributed by atoms with E-state index in [0.717, 1.165) is 22.9 Å². The Morgan fingerprint density at radius 1 is 1.18 bits per heavy atom. The number of hydrogen-bond donors (Lipinski definition) is 1. The van der Waals surface area contributed by atoms with Crippen molar-refractivity contribution >= 4 is 49.9 Å². The van der Waals surface area contributed by atoms with E-state index in [1.54, 1.807) is 12.1 Å². The standard InChI is InChI=1S/C21H20ClNO4S/c1-3-4-11-27-21(25)18-14-7-5-6-8-17(14)28-20(18)23-19(24)15-12-13(22)9-10-16(15)26-2/h5-10,12H,3-4,11H2,1-2H3,(H,23,24). The Morgan fingerprint density at radius 2 is 1.96 bits per heavy atom. The number of methoxy groups -OCH3 is 1. The molecule has 146 valence electrons. The number of amides is 1. The zero-order chi connectivity index (χ0) is 20.1. The summed E-state index contributed by atoms with van der Waals surface area (Å²) in [6, 6.07) is 12.3. The molecule has 2 aromatic carbocycles. The van der Waals surface area contributed by atoms with Crippen molar-refractivity contribution in [3.8, 4) is 5.75 Å². The Morgan fingerprint density at radius 3 is 2.71 bits per heavy atom. The number of fused-ring (bicyclic) bond motifs is 1. The quantitative estimate of drug-likeness (QED) is 0.391. The number of hydrogen-bond acceptors (Lipinski definition) is 5. The van der Waals surface area contributed by atoms with Gasteiger partial charge in [0.25, 0.3) is 5.91 Å². The molecule has 0 fully saturated rings. The highest BCUT2D eigenvalue weighted by Gasteiger charge is 2.23. The van der Waals surface area contributed by atoms with Gasteiger partial charge in [-0.1, -0.05) is 43.1 Å². The molecule has 0 unspecified atom stereocenters. The molecular weight excluding hydrogens is 398 g/mol. The highest BCUT2D eigenvalue weighted by Crippen LogP contribution is 2.37. The molecule has 5 nitrogen and oxygen atoms in total. The lowest BCUT2D eigenvalue weighted by Crippen LogP contribution is -2.15. The second-order valence-corrected chi connectivity index (χ2v) is 7.58. The van der Waals surface area contributed by atoms with E-state index in [1.807, 2.05) is 31.2 Å². The molecule has 0 atom stereocenters. The van der Waals surface area contributed by atoms with Crippen molar-refractivity contribution in [2.75, 3.05) is 19.0 Å². The van der Waals surface area contributed by atoms with Gasteiger partial charge in [-0.25, -0.2) is 4.79 Å². The van der Waals surface area contributed by atoms with Crippen molar-refractivity contribution in [1.82, 2.24) is 0 Å². The van der Waals surface area contributed by atoms with E-state index in [2.05, 4.69) is 5.32 Å². The molecule has 0 aliphatic rings. The molecule has 0 bridgehead atoms. The summed E-state index contributed by atoms with van der Waals surface area (Å²) < 4.78 is 11.5. The van der Waals surface area contributed by atoms with Crippen molar-refractivity contribution in [1.29, 1.82) is 0 Å². The number of halogens is 1. The molecule has 0 saturated carbocycles. The zero-order valence-corrected chi connectivity index (χ0v) is 17.2. The monoisotopic (exact) mass is 417 g/mol. The van der Waals surface area contributed by atoms with E-state index in [-0.39, 0.29) is 5.56 Å². The van der Waals surface area contributed by atoms with Crippen molar-refractivity contribution in [2.24, 2.45) is 0 Å². The van der Waals surface area contributed by atoms with E-state index in [1.165, 1.54) is 24.5 Å². The van der Waals surface area contributed by atoms with Gasteiger partial charge in [0.15, 0.2) is 0 Å². The van der Waals surface area contributed by atoms with Crippen LogP contribution >= 0.6 is 22.9 Å². The van der Waals surface area contributed by atoms with Crippen molar-refractivity contribution in [3.63, 3.8) is 0 Å². The molecule has 7 heteroatoms. The average Bonchev–Trinajstić information content (AvgIpc) is 3.05. The SMILES string of the molecule is CCCCOC(=O)c1c(NC(=O)c2cc(Cl)ccc2OC)sc2ccccc12. The number of nitrogens with one attached hydrogen (secondary N) is 1. The van der Waals surface area contributed by atoms with Crippen LogP contribution in [0, 0.1) is 0 Å². The van der Waals surface area contributed by atoms with Gasteiger partial charge < -0.3 is 14.8 Å². The normalized spacial score (nSPS) is 10.7. The first-order valence-corrected chi connectivity index (χ1v) is 10.1. The lowest BCUT2D eigenvalue weighted by atomic mass is 10.1. The lowest BCUT2D eigenvalue weighted by molar-refractivity contribution is 0.0503. The van der Waals surface area contributed by atoms with Crippen LogP contribution in [0.5, 0.6) is 5.75 Å². The summed E-state index contributed by atoms with van der Waals surface area (Å²) in [5, 5.41) is 4.44. The fourth-order valence-electron chi connectivity index (χ4n) is 2.75. The van der Waals surface area contributed by atoms with E-state index in [9.17, 15) is 9.59 Å². The van der Waals surface area contributed by atoms with E-state index in [0.29, 0.717) is 27.9 Å². The molecule has 0 radical (unpaired) electrons. The second kappa shape index (κ2) is 9.08. The topological polar surface area (TPSA) is 64.6 Å². The third-order valence-electron chi connectivity index (χ3n) is 4.16. The van der Waals surface area contributed by atoms with E-state index < -0.39 is 11.9 Å². The summed E-state index contributed by atoms with van der Waals surface area (Å²) in [7, 11) is 1.48. The Kier molecular flexibility index (Phi) is 6.54. The van der Waals surface area contributed by atoms with Crippen LogP contribution in [-0.4, -0.2) is 25.6 Å². The largest absolute Gasteiger partial charge is 0.496 e. The number of unbranched alkanes of at least 4 members (excludes halogenated alkanes) is 1. The molecule has 3 rings (SSSR count). The molecule has 0 aliphatic heterocycles. The van der Waals surface area contributed by atoms with Gasteiger partial charge in [-0.05, 0) is 30.7 Å². The average molecular weight is 418 g/mol. The van der Waals surface area contributed by atoms with Gasteiger partial charge in [-0.3, -0.25) is 4.79 Å². The first-order valence-electron chi connectivity index (χ1n) is 8.88. The first kappa shape index (κ1) is 20.2. The predicted octanol–water partition coefficient (Wildman–Crippen LogP) is 5.77. The Labute approximate surface area is 172 Å².